The Hall–Kier alpha value is -3.34. The quantitative estimate of drug-likeness (QED) is 0.569. The molecular formula is C21H22N4O. The third-order valence-corrected chi connectivity index (χ3v) is 3.64. The van der Waals surface area contributed by atoms with E-state index in [-0.39, 0.29) is 0 Å². The van der Waals surface area contributed by atoms with Crippen molar-refractivity contribution in [2.75, 3.05) is 23.8 Å². The zero-order valence-electron chi connectivity index (χ0n) is 14.8. The van der Waals surface area contributed by atoms with Gasteiger partial charge in [-0.3, -0.25) is 0 Å². The second-order valence-electron chi connectivity index (χ2n) is 5.55. The number of ether oxygens (including phenoxy) is 1. The molecule has 5 nitrogen and oxygen atoms in total. The summed E-state index contributed by atoms with van der Waals surface area (Å²) in [5.74, 6) is 2.86. The van der Waals surface area contributed by atoms with Gasteiger partial charge in [0, 0.05) is 18.2 Å². The third kappa shape index (κ3) is 4.39. The topological polar surface area (TPSA) is 59.1 Å². The van der Waals surface area contributed by atoms with Crippen molar-refractivity contribution in [2.24, 2.45) is 0 Å². The minimum atomic E-state index is 0.601. The van der Waals surface area contributed by atoms with Crippen LogP contribution in [0.25, 0.3) is 11.4 Å². The van der Waals surface area contributed by atoms with Gasteiger partial charge in [0.1, 0.15) is 17.4 Å². The predicted molar refractivity (Wildman–Crippen MR) is 107 cm³/mol. The average molecular weight is 346 g/mol. The highest BCUT2D eigenvalue weighted by Gasteiger charge is 2.09. The molecule has 0 atom stereocenters. The summed E-state index contributed by atoms with van der Waals surface area (Å²) in [6, 6.07) is 19.6. The Labute approximate surface area is 153 Å². The Balaban J connectivity index is 1.96. The number of hydrogen-bond donors (Lipinski definition) is 2. The first-order valence-electron chi connectivity index (χ1n) is 8.58. The maximum atomic E-state index is 5.68. The molecule has 0 aliphatic carbocycles. The van der Waals surface area contributed by atoms with Crippen molar-refractivity contribution < 1.29 is 4.74 Å². The highest BCUT2D eigenvalue weighted by molar-refractivity contribution is 5.68. The molecule has 0 saturated carbocycles. The van der Waals surface area contributed by atoms with Gasteiger partial charge in [-0.05, 0) is 19.1 Å². The number of aromatic nitrogens is 2. The van der Waals surface area contributed by atoms with Crippen LogP contribution in [0.15, 0.2) is 73.3 Å². The summed E-state index contributed by atoms with van der Waals surface area (Å²) in [5, 5.41) is 6.57. The summed E-state index contributed by atoms with van der Waals surface area (Å²) >= 11 is 0. The molecular weight excluding hydrogens is 324 g/mol. The van der Waals surface area contributed by atoms with E-state index < -0.39 is 0 Å². The maximum Gasteiger partial charge on any atom is 0.163 e. The molecule has 0 unspecified atom stereocenters. The lowest BCUT2D eigenvalue weighted by molar-refractivity contribution is 0.342. The van der Waals surface area contributed by atoms with E-state index in [4.69, 9.17) is 4.74 Å². The summed E-state index contributed by atoms with van der Waals surface area (Å²) in [6.45, 7) is 6.93. The van der Waals surface area contributed by atoms with Crippen LogP contribution in [-0.4, -0.2) is 23.1 Å². The number of hydrogen-bond acceptors (Lipinski definition) is 5. The maximum absolute atomic E-state index is 5.68. The van der Waals surface area contributed by atoms with Crippen LogP contribution in [-0.2, 0) is 0 Å². The van der Waals surface area contributed by atoms with Crippen LogP contribution in [0.5, 0.6) is 5.75 Å². The Morgan fingerprint density at radius 2 is 1.73 bits per heavy atom. The van der Waals surface area contributed by atoms with Gasteiger partial charge < -0.3 is 15.4 Å². The van der Waals surface area contributed by atoms with Gasteiger partial charge in [0.2, 0.25) is 0 Å². The first kappa shape index (κ1) is 17.5. The van der Waals surface area contributed by atoms with Crippen molar-refractivity contribution in [3.63, 3.8) is 0 Å². The molecule has 0 bridgehead atoms. The molecule has 0 aliphatic rings. The van der Waals surface area contributed by atoms with Crippen LogP contribution < -0.4 is 15.4 Å². The minimum Gasteiger partial charge on any atom is -0.492 e. The van der Waals surface area contributed by atoms with Crippen LogP contribution in [0.3, 0.4) is 0 Å². The molecule has 2 N–H and O–H groups in total. The fourth-order valence-corrected chi connectivity index (χ4v) is 2.48. The van der Waals surface area contributed by atoms with Gasteiger partial charge in [-0.2, -0.15) is 0 Å². The van der Waals surface area contributed by atoms with Gasteiger partial charge in [0.15, 0.2) is 5.82 Å². The second kappa shape index (κ2) is 8.67. The average Bonchev–Trinajstić information content (AvgIpc) is 2.69. The number of nitrogens with one attached hydrogen (secondary N) is 2. The van der Waals surface area contributed by atoms with E-state index in [0.29, 0.717) is 24.8 Å². The Morgan fingerprint density at radius 1 is 1.00 bits per heavy atom. The Morgan fingerprint density at radius 3 is 2.50 bits per heavy atom. The molecule has 132 valence electrons. The van der Waals surface area contributed by atoms with Crippen molar-refractivity contribution in [2.45, 2.75) is 6.92 Å². The lowest BCUT2D eigenvalue weighted by Crippen LogP contribution is -2.05. The molecule has 2 aromatic carbocycles. The molecule has 0 radical (unpaired) electrons. The van der Waals surface area contributed by atoms with Crippen molar-refractivity contribution in [1.82, 2.24) is 9.97 Å². The minimum absolute atomic E-state index is 0.601. The number of nitrogens with zero attached hydrogens (tertiary/aromatic N) is 2. The summed E-state index contributed by atoms with van der Waals surface area (Å²) in [5.41, 5.74) is 1.82. The highest BCUT2D eigenvalue weighted by atomic mass is 16.5. The SMILES string of the molecule is C=CCNc1cc(Nc2ccccc2OCC)nc(-c2ccccc2)n1. The molecule has 0 saturated heterocycles. The summed E-state index contributed by atoms with van der Waals surface area (Å²) in [6.07, 6.45) is 1.79. The Kier molecular flexibility index (Phi) is 5.83. The zero-order valence-corrected chi connectivity index (χ0v) is 14.8. The monoisotopic (exact) mass is 346 g/mol. The van der Waals surface area contributed by atoms with Crippen molar-refractivity contribution in [3.05, 3.63) is 73.3 Å². The fraction of sp³-hybridized carbons (Fsp3) is 0.143. The number of anilines is 3. The van der Waals surface area contributed by atoms with Crippen molar-refractivity contribution >= 4 is 17.3 Å². The molecule has 1 heterocycles. The Bertz CT molecular complexity index is 865. The first-order valence-corrected chi connectivity index (χ1v) is 8.58. The molecule has 1 aromatic heterocycles. The van der Waals surface area contributed by atoms with E-state index in [9.17, 15) is 0 Å². The predicted octanol–water partition coefficient (Wildman–Crippen LogP) is 4.88. The second-order valence-corrected chi connectivity index (χ2v) is 5.55. The largest absolute Gasteiger partial charge is 0.492 e. The molecule has 0 spiro atoms. The number of para-hydroxylation sites is 2. The van der Waals surface area contributed by atoms with E-state index in [1.165, 1.54) is 0 Å². The number of rotatable bonds is 8. The van der Waals surface area contributed by atoms with Gasteiger partial charge >= 0.3 is 0 Å². The molecule has 0 fully saturated rings. The summed E-state index contributed by atoms with van der Waals surface area (Å²) in [4.78, 5) is 9.26. The van der Waals surface area contributed by atoms with E-state index >= 15 is 0 Å². The van der Waals surface area contributed by atoms with Crippen LogP contribution in [0.2, 0.25) is 0 Å². The lowest BCUT2D eigenvalue weighted by atomic mass is 10.2. The molecule has 3 aromatic rings. The van der Waals surface area contributed by atoms with E-state index in [0.717, 1.165) is 22.8 Å². The standard InChI is InChI=1S/C21H22N4O/c1-3-14-22-19-15-20(23-17-12-8-9-13-18(17)26-4-2)25-21(24-19)16-10-6-5-7-11-16/h3,5-13,15H,1,4,14H2,2H3,(H2,22,23,24,25). The normalized spacial score (nSPS) is 10.2. The summed E-state index contributed by atoms with van der Waals surface area (Å²) in [7, 11) is 0. The van der Waals surface area contributed by atoms with Crippen LogP contribution in [0, 0.1) is 0 Å². The number of benzene rings is 2. The van der Waals surface area contributed by atoms with E-state index in [2.05, 4.69) is 27.2 Å². The van der Waals surface area contributed by atoms with Gasteiger partial charge in [0.05, 0.1) is 12.3 Å². The lowest BCUT2D eigenvalue weighted by Gasteiger charge is -2.14. The smallest absolute Gasteiger partial charge is 0.163 e. The summed E-state index contributed by atoms with van der Waals surface area (Å²) < 4.78 is 5.68. The van der Waals surface area contributed by atoms with Gasteiger partial charge in [-0.1, -0.05) is 48.5 Å². The van der Waals surface area contributed by atoms with Gasteiger partial charge in [-0.15, -0.1) is 6.58 Å². The van der Waals surface area contributed by atoms with Crippen LogP contribution in [0.1, 0.15) is 6.92 Å². The molecule has 3 rings (SSSR count). The van der Waals surface area contributed by atoms with Gasteiger partial charge in [0.25, 0.3) is 0 Å². The first-order chi connectivity index (χ1) is 12.8. The van der Waals surface area contributed by atoms with Crippen LogP contribution >= 0.6 is 0 Å². The third-order valence-electron chi connectivity index (χ3n) is 3.64. The molecule has 26 heavy (non-hydrogen) atoms. The molecule has 5 heteroatoms. The van der Waals surface area contributed by atoms with Gasteiger partial charge in [-0.25, -0.2) is 9.97 Å². The van der Waals surface area contributed by atoms with E-state index in [1.807, 2.05) is 67.6 Å². The molecule has 0 aliphatic heterocycles. The fourth-order valence-electron chi connectivity index (χ4n) is 2.48. The van der Waals surface area contributed by atoms with Crippen molar-refractivity contribution in [1.29, 1.82) is 0 Å². The van der Waals surface area contributed by atoms with Crippen molar-refractivity contribution in [3.8, 4) is 17.1 Å². The highest BCUT2D eigenvalue weighted by Crippen LogP contribution is 2.28. The van der Waals surface area contributed by atoms with Crippen LogP contribution in [0.4, 0.5) is 17.3 Å². The zero-order chi connectivity index (χ0) is 18.2. The van der Waals surface area contributed by atoms with E-state index in [1.54, 1.807) is 6.08 Å². The molecule has 0 amide bonds.